The van der Waals surface area contributed by atoms with Crippen molar-refractivity contribution in [3.05, 3.63) is 30.0 Å². The van der Waals surface area contributed by atoms with Crippen molar-refractivity contribution >= 4 is 27.6 Å². The van der Waals surface area contributed by atoms with E-state index in [1.807, 2.05) is 0 Å². The van der Waals surface area contributed by atoms with Crippen LogP contribution in [0.3, 0.4) is 0 Å². The minimum Gasteiger partial charge on any atom is -0.363 e. The Kier molecular flexibility index (Phi) is 3.79. The first kappa shape index (κ1) is 16.1. The minimum atomic E-state index is -4.24. The second-order valence-electron chi connectivity index (χ2n) is 6.45. The van der Waals surface area contributed by atoms with Crippen LogP contribution in [-0.4, -0.2) is 54.4 Å². The van der Waals surface area contributed by atoms with Gasteiger partial charge in [0.25, 0.3) is 0 Å². The predicted molar refractivity (Wildman–Crippen MR) is 88.8 cm³/mol. The van der Waals surface area contributed by atoms with E-state index in [-0.39, 0.29) is 5.56 Å². The van der Waals surface area contributed by atoms with Gasteiger partial charge in [-0.2, -0.15) is 13.2 Å². The molecule has 0 spiro atoms. The van der Waals surface area contributed by atoms with Crippen LogP contribution in [0.1, 0.15) is 5.56 Å². The van der Waals surface area contributed by atoms with E-state index in [2.05, 4.69) is 27.0 Å². The van der Waals surface area contributed by atoms with Crippen LogP contribution >= 0.6 is 0 Å². The number of piperazine rings is 1. The van der Waals surface area contributed by atoms with Crippen molar-refractivity contribution < 1.29 is 17.7 Å². The van der Waals surface area contributed by atoms with Crippen molar-refractivity contribution in [3.63, 3.8) is 0 Å². The summed E-state index contributed by atoms with van der Waals surface area (Å²) in [6, 6.07) is 4.65. The third-order valence-corrected chi connectivity index (χ3v) is 4.57. The molecule has 1 fully saturated rings. The lowest BCUT2D eigenvalue weighted by Crippen LogP contribution is -2.44. The molecule has 1 saturated heterocycles. The van der Waals surface area contributed by atoms with Gasteiger partial charge in [0.1, 0.15) is 6.26 Å². The smallest absolute Gasteiger partial charge is 0.363 e. The fourth-order valence-corrected chi connectivity index (χ4v) is 3.23. The zero-order chi connectivity index (χ0) is 17.6. The Morgan fingerprint density at radius 3 is 2.60 bits per heavy atom. The first-order valence-corrected chi connectivity index (χ1v) is 8.08. The summed E-state index contributed by atoms with van der Waals surface area (Å²) in [7, 11) is 2.07. The molecule has 8 heteroatoms. The SMILES string of the molecule is CN1CCN(c2nc3ccc(CC(F)(F)F)cc3c3conc23)CC1. The number of nitrogens with zero attached hydrogens (tertiary/aromatic N) is 4. The molecule has 1 aliphatic heterocycles. The van der Waals surface area contributed by atoms with Gasteiger partial charge in [-0.15, -0.1) is 0 Å². The number of alkyl halides is 3. The highest BCUT2D eigenvalue weighted by atomic mass is 19.4. The lowest BCUT2D eigenvalue weighted by molar-refractivity contribution is -0.127. The molecule has 0 unspecified atom stereocenters. The number of likely N-dealkylation sites (N-methyl/N-ethyl adjacent to an activating group) is 1. The minimum absolute atomic E-state index is 0.205. The maximum atomic E-state index is 12.7. The molecule has 0 bridgehead atoms. The molecular weight excluding hydrogens is 333 g/mol. The summed E-state index contributed by atoms with van der Waals surface area (Å²) >= 11 is 0. The summed E-state index contributed by atoms with van der Waals surface area (Å²) in [6.45, 7) is 3.49. The van der Waals surface area contributed by atoms with Crippen molar-refractivity contribution in [2.45, 2.75) is 12.6 Å². The molecule has 0 saturated carbocycles. The Bertz CT molecular complexity index is 913. The van der Waals surface area contributed by atoms with Gasteiger partial charge < -0.3 is 14.3 Å². The molecule has 5 nitrogen and oxygen atoms in total. The van der Waals surface area contributed by atoms with Crippen LogP contribution < -0.4 is 4.90 Å². The lowest BCUT2D eigenvalue weighted by atomic mass is 10.1. The first-order valence-electron chi connectivity index (χ1n) is 8.08. The molecule has 4 rings (SSSR count). The maximum Gasteiger partial charge on any atom is 0.393 e. The maximum absolute atomic E-state index is 12.7. The van der Waals surface area contributed by atoms with Crippen LogP contribution in [0.5, 0.6) is 0 Å². The topological polar surface area (TPSA) is 45.4 Å². The van der Waals surface area contributed by atoms with Gasteiger partial charge in [-0.05, 0) is 24.7 Å². The largest absolute Gasteiger partial charge is 0.393 e. The standard InChI is InChI=1S/C17H17F3N4O/c1-23-4-6-24(7-5-23)16-15-13(10-25-22-15)12-8-11(9-17(18,19)20)2-3-14(12)21-16/h2-3,8,10H,4-7,9H2,1H3. The first-order chi connectivity index (χ1) is 11.9. The second-order valence-corrected chi connectivity index (χ2v) is 6.45. The van der Waals surface area contributed by atoms with Gasteiger partial charge in [0, 0.05) is 31.6 Å². The Morgan fingerprint density at radius 1 is 1.12 bits per heavy atom. The van der Waals surface area contributed by atoms with Crippen LogP contribution in [-0.2, 0) is 6.42 Å². The Balaban J connectivity index is 1.81. The van der Waals surface area contributed by atoms with Gasteiger partial charge in [-0.25, -0.2) is 4.98 Å². The van der Waals surface area contributed by atoms with E-state index in [4.69, 9.17) is 4.52 Å². The third-order valence-electron chi connectivity index (χ3n) is 4.57. The molecule has 3 aromatic rings. The van der Waals surface area contributed by atoms with Crippen molar-refractivity contribution in [3.8, 4) is 0 Å². The van der Waals surface area contributed by atoms with Gasteiger partial charge in [-0.3, -0.25) is 0 Å². The predicted octanol–water partition coefficient (Wildman–Crippen LogP) is 3.23. The van der Waals surface area contributed by atoms with Crippen LogP contribution in [0.2, 0.25) is 0 Å². The summed E-state index contributed by atoms with van der Waals surface area (Å²) in [5.41, 5.74) is 1.45. The highest BCUT2D eigenvalue weighted by Gasteiger charge is 2.28. The molecule has 2 aromatic heterocycles. The fourth-order valence-electron chi connectivity index (χ4n) is 3.23. The molecule has 0 N–H and O–H groups in total. The zero-order valence-electron chi connectivity index (χ0n) is 13.7. The van der Waals surface area contributed by atoms with E-state index < -0.39 is 12.6 Å². The molecule has 3 heterocycles. The average Bonchev–Trinajstić information content (AvgIpc) is 3.03. The van der Waals surface area contributed by atoms with Gasteiger partial charge >= 0.3 is 6.18 Å². The van der Waals surface area contributed by atoms with Crippen molar-refractivity contribution in [1.29, 1.82) is 0 Å². The summed E-state index contributed by atoms with van der Waals surface area (Å²) in [4.78, 5) is 9.05. The van der Waals surface area contributed by atoms with Crippen LogP contribution in [0.25, 0.3) is 21.8 Å². The average molecular weight is 350 g/mol. The number of anilines is 1. The zero-order valence-corrected chi connectivity index (χ0v) is 13.7. The normalized spacial score (nSPS) is 16.9. The van der Waals surface area contributed by atoms with Crippen molar-refractivity contribution in [1.82, 2.24) is 15.0 Å². The van der Waals surface area contributed by atoms with Crippen molar-refractivity contribution in [2.24, 2.45) is 0 Å². The number of benzene rings is 1. The number of hydrogen-bond donors (Lipinski definition) is 0. The van der Waals surface area contributed by atoms with E-state index in [9.17, 15) is 13.2 Å². The number of rotatable bonds is 2. The molecular formula is C17H17F3N4O. The third kappa shape index (κ3) is 3.13. The van der Waals surface area contributed by atoms with Crippen LogP contribution in [0, 0.1) is 0 Å². The number of aromatic nitrogens is 2. The molecule has 0 atom stereocenters. The lowest BCUT2D eigenvalue weighted by Gasteiger charge is -2.33. The highest BCUT2D eigenvalue weighted by Crippen LogP contribution is 2.32. The Morgan fingerprint density at radius 2 is 1.88 bits per heavy atom. The van der Waals surface area contributed by atoms with Crippen molar-refractivity contribution in [2.75, 3.05) is 38.1 Å². The summed E-state index contributed by atoms with van der Waals surface area (Å²) < 4.78 is 43.1. The molecule has 1 aromatic carbocycles. The monoisotopic (exact) mass is 350 g/mol. The summed E-state index contributed by atoms with van der Waals surface area (Å²) in [5.74, 6) is 0.730. The number of pyridine rings is 1. The Labute approximate surface area is 142 Å². The van der Waals surface area contributed by atoms with Gasteiger partial charge in [-0.1, -0.05) is 11.2 Å². The van der Waals surface area contributed by atoms with E-state index >= 15 is 0 Å². The molecule has 0 amide bonds. The van der Waals surface area contributed by atoms with E-state index in [1.165, 1.54) is 18.4 Å². The second kappa shape index (κ2) is 5.87. The quantitative estimate of drug-likeness (QED) is 0.710. The molecule has 0 radical (unpaired) electrons. The molecule has 132 valence electrons. The van der Waals surface area contributed by atoms with Gasteiger partial charge in [0.2, 0.25) is 0 Å². The van der Waals surface area contributed by atoms with E-state index in [0.717, 1.165) is 32.0 Å². The summed E-state index contributed by atoms with van der Waals surface area (Å²) in [5, 5.41) is 5.38. The molecule has 0 aliphatic carbocycles. The van der Waals surface area contributed by atoms with E-state index in [0.29, 0.717) is 21.8 Å². The van der Waals surface area contributed by atoms with E-state index in [1.54, 1.807) is 6.07 Å². The number of halogens is 3. The number of fused-ring (bicyclic) bond motifs is 3. The molecule has 25 heavy (non-hydrogen) atoms. The number of hydrogen-bond acceptors (Lipinski definition) is 5. The molecule has 1 aliphatic rings. The highest BCUT2D eigenvalue weighted by molar-refractivity contribution is 6.08. The Hall–Kier alpha value is -2.35. The summed E-state index contributed by atoms with van der Waals surface area (Å²) in [6.07, 6.45) is -3.72. The fraction of sp³-hybridized carbons (Fsp3) is 0.412. The van der Waals surface area contributed by atoms with Crippen LogP contribution in [0.4, 0.5) is 19.0 Å². The van der Waals surface area contributed by atoms with Gasteiger partial charge in [0.05, 0.1) is 17.3 Å². The van der Waals surface area contributed by atoms with Crippen LogP contribution in [0.15, 0.2) is 29.0 Å². The van der Waals surface area contributed by atoms with Gasteiger partial charge in [0.15, 0.2) is 11.3 Å².